The fourth-order valence-corrected chi connectivity index (χ4v) is 3.11. The number of rotatable bonds is 8. The summed E-state index contributed by atoms with van der Waals surface area (Å²) in [6, 6.07) is 5.81. The van der Waals surface area contributed by atoms with Crippen LogP contribution in [0, 0.1) is 11.7 Å². The second-order valence-corrected chi connectivity index (χ2v) is 7.64. The fourth-order valence-electron chi connectivity index (χ4n) is 3.11. The highest BCUT2D eigenvalue weighted by Crippen LogP contribution is 2.27. The summed E-state index contributed by atoms with van der Waals surface area (Å²) in [6.45, 7) is 5.80. The summed E-state index contributed by atoms with van der Waals surface area (Å²) in [6.07, 6.45) is 1.20. The SMILES string of the molecule is CC(C)CCNC(=O)NCc1nc([C@@H]2CC(=O)N(Cc3ccc(F)cc3)C2)no1. The van der Waals surface area contributed by atoms with Crippen LogP contribution in [0.5, 0.6) is 0 Å². The highest BCUT2D eigenvalue weighted by molar-refractivity contribution is 5.79. The Morgan fingerprint density at radius 2 is 2.07 bits per heavy atom. The minimum Gasteiger partial charge on any atom is -0.338 e. The van der Waals surface area contributed by atoms with E-state index in [1.54, 1.807) is 17.0 Å². The van der Waals surface area contributed by atoms with Crippen LogP contribution < -0.4 is 10.6 Å². The summed E-state index contributed by atoms with van der Waals surface area (Å²) in [5.41, 5.74) is 0.863. The number of halogens is 1. The van der Waals surface area contributed by atoms with E-state index in [4.69, 9.17) is 4.52 Å². The highest BCUT2D eigenvalue weighted by atomic mass is 19.1. The van der Waals surface area contributed by atoms with Crippen molar-refractivity contribution in [2.75, 3.05) is 13.1 Å². The second kappa shape index (κ2) is 9.49. The maximum Gasteiger partial charge on any atom is 0.315 e. The van der Waals surface area contributed by atoms with Gasteiger partial charge in [-0.2, -0.15) is 4.98 Å². The number of benzene rings is 1. The van der Waals surface area contributed by atoms with Crippen LogP contribution >= 0.6 is 0 Å². The van der Waals surface area contributed by atoms with Gasteiger partial charge in [-0.05, 0) is 30.0 Å². The summed E-state index contributed by atoms with van der Waals surface area (Å²) in [5, 5.41) is 9.41. The fraction of sp³-hybridized carbons (Fsp3) is 0.500. The van der Waals surface area contributed by atoms with E-state index in [1.807, 2.05) is 0 Å². The van der Waals surface area contributed by atoms with Crippen molar-refractivity contribution in [3.8, 4) is 0 Å². The molecule has 2 N–H and O–H groups in total. The third-order valence-electron chi connectivity index (χ3n) is 4.76. The molecule has 0 saturated carbocycles. The molecule has 1 saturated heterocycles. The molecule has 156 valence electrons. The third kappa shape index (κ3) is 6.00. The lowest BCUT2D eigenvalue weighted by Gasteiger charge is -2.16. The highest BCUT2D eigenvalue weighted by Gasteiger charge is 2.33. The molecule has 8 nitrogen and oxygen atoms in total. The standard InChI is InChI=1S/C20H26FN5O3/c1-13(2)7-8-22-20(28)23-10-17-24-19(25-29-17)15-9-18(27)26(12-15)11-14-3-5-16(21)6-4-14/h3-6,13,15H,7-12H2,1-2H3,(H2,22,23,28)/t15-/m1/s1. The second-order valence-electron chi connectivity index (χ2n) is 7.64. The first-order valence-electron chi connectivity index (χ1n) is 9.77. The van der Waals surface area contributed by atoms with Crippen LogP contribution in [0.4, 0.5) is 9.18 Å². The van der Waals surface area contributed by atoms with E-state index in [1.165, 1.54) is 12.1 Å². The monoisotopic (exact) mass is 403 g/mol. The quantitative estimate of drug-likeness (QED) is 0.706. The first-order valence-corrected chi connectivity index (χ1v) is 9.77. The largest absolute Gasteiger partial charge is 0.338 e. The summed E-state index contributed by atoms with van der Waals surface area (Å²) < 4.78 is 18.2. The molecule has 1 aliphatic heterocycles. The summed E-state index contributed by atoms with van der Waals surface area (Å²) in [5.74, 6) is 0.792. The average molecular weight is 403 g/mol. The molecule has 0 radical (unpaired) electrons. The Kier molecular flexibility index (Phi) is 6.79. The number of likely N-dealkylation sites (tertiary alicyclic amines) is 1. The van der Waals surface area contributed by atoms with Gasteiger partial charge in [0.05, 0.1) is 6.54 Å². The van der Waals surface area contributed by atoms with E-state index in [-0.39, 0.29) is 30.2 Å². The predicted octanol–water partition coefficient (Wildman–Crippen LogP) is 2.57. The molecule has 0 unspecified atom stereocenters. The molecular weight excluding hydrogens is 377 g/mol. The minimum atomic E-state index is -0.305. The number of amides is 3. The number of carbonyl (C=O) groups is 2. The van der Waals surface area contributed by atoms with Gasteiger partial charge in [-0.3, -0.25) is 4.79 Å². The predicted molar refractivity (Wildman–Crippen MR) is 103 cm³/mol. The van der Waals surface area contributed by atoms with Crippen LogP contribution in [-0.4, -0.2) is 40.1 Å². The van der Waals surface area contributed by atoms with Gasteiger partial charge in [0.15, 0.2) is 5.82 Å². The lowest BCUT2D eigenvalue weighted by molar-refractivity contribution is -0.128. The smallest absolute Gasteiger partial charge is 0.315 e. The minimum absolute atomic E-state index is 0.00618. The molecule has 1 aromatic carbocycles. The molecule has 2 aromatic rings. The molecule has 0 aliphatic carbocycles. The maximum atomic E-state index is 13.0. The van der Waals surface area contributed by atoms with E-state index < -0.39 is 0 Å². The van der Waals surface area contributed by atoms with Gasteiger partial charge in [0.25, 0.3) is 0 Å². The van der Waals surface area contributed by atoms with Gasteiger partial charge in [-0.1, -0.05) is 31.1 Å². The third-order valence-corrected chi connectivity index (χ3v) is 4.76. The first kappa shape index (κ1) is 20.8. The van der Waals surface area contributed by atoms with Crippen molar-refractivity contribution >= 4 is 11.9 Å². The zero-order valence-electron chi connectivity index (χ0n) is 16.7. The molecule has 3 rings (SSSR count). The summed E-state index contributed by atoms with van der Waals surface area (Å²) >= 11 is 0. The molecule has 0 spiro atoms. The molecule has 1 aromatic heterocycles. The first-order chi connectivity index (χ1) is 13.9. The van der Waals surface area contributed by atoms with E-state index in [0.717, 1.165) is 12.0 Å². The zero-order valence-corrected chi connectivity index (χ0v) is 16.7. The molecule has 1 aliphatic rings. The van der Waals surface area contributed by atoms with E-state index in [2.05, 4.69) is 34.6 Å². The molecule has 9 heteroatoms. The molecule has 1 atom stereocenters. The lowest BCUT2D eigenvalue weighted by Crippen LogP contribution is -2.36. The van der Waals surface area contributed by atoms with Crippen LogP contribution in [0.1, 0.15) is 49.9 Å². The van der Waals surface area contributed by atoms with E-state index in [9.17, 15) is 14.0 Å². The lowest BCUT2D eigenvalue weighted by atomic mass is 10.1. The van der Waals surface area contributed by atoms with Gasteiger partial charge in [0.2, 0.25) is 11.8 Å². The molecule has 2 heterocycles. The van der Waals surface area contributed by atoms with Gasteiger partial charge in [-0.15, -0.1) is 0 Å². The molecule has 3 amide bonds. The van der Waals surface area contributed by atoms with Gasteiger partial charge in [-0.25, -0.2) is 9.18 Å². The number of hydrogen-bond donors (Lipinski definition) is 2. The van der Waals surface area contributed by atoms with Crippen molar-refractivity contribution in [2.45, 2.75) is 45.7 Å². The van der Waals surface area contributed by atoms with Crippen molar-refractivity contribution in [1.29, 1.82) is 0 Å². The number of urea groups is 1. The number of nitrogens with one attached hydrogen (secondary N) is 2. The number of aromatic nitrogens is 2. The maximum absolute atomic E-state index is 13.0. The van der Waals surface area contributed by atoms with Crippen LogP contribution in [0.3, 0.4) is 0 Å². The Bertz CT molecular complexity index is 837. The van der Waals surface area contributed by atoms with Crippen LogP contribution in [0.15, 0.2) is 28.8 Å². The zero-order chi connectivity index (χ0) is 20.8. The molecular formula is C20H26FN5O3. The number of nitrogens with zero attached hydrogens (tertiary/aromatic N) is 3. The van der Waals surface area contributed by atoms with Crippen molar-refractivity contribution in [2.24, 2.45) is 5.92 Å². The summed E-state index contributed by atoms with van der Waals surface area (Å²) in [7, 11) is 0. The van der Waals surface area contributed by atoms with Gasteiger partial charge in [0.1, 0.15) is 5.82 Å². The Morgan fingerprint density at radius 1 is 1.31 bits per heavy atom. The Morgan fingerprint density at radius 3 is 2.79 bits per heavy atom. The van der Waals surface area contributed by atoms with Crippen LogP contribution in [-0.2, 0) is 17.9 Å². The van der Waals surface area contributed by atoms with Crippen molar-refractivity contribution < 1.29 is 18.5 Å². The van der Waals surface area contributed by atoms with Crippen molar-refractivity contribution in [3.63, 3.8) is 0 Å². The number of carbonyl (C=O) groups excluding carboxylic acids is 2. The van der Waals surface area contributed by atoms with E-state index in [0.29, 0.717) is 43.7 Å². The Labute approximate surface area is 168 Å². The van der Waals surface area contributed by atoms with E-state index >= 15 is 0 Å². The average Bonchev–Trinajstić information content (AvgIpc) is 3.29. The van der Waals surface area contributed by atoms with Crippen molar-refractivity contribution in [1.82, 2.24) is 25.7 Å². The summed E-state index contributed by atoms with van der Waals surface area (Å²) in [4.78, 5) is 30.1. The molecule has 0 bridgehead atoms. The van der Waals surface area contributed by atoms with Gasteiger partial charge in [0, 0.05) is 32.0 Å². The Hall–Kier alpha value is -2.97. The normalized spacial score (nSPS) is 16.5. The van der Waals surface area contributed by atoms with Crippen LogP contribution in [0.2, 0.25) is 0 Å². The molecule has 1 fully saturated rings. The Balaban J connectivity index is 1.48. The van der Waals surface area contributed by atoms with Gasteiger partial charge < -0.3 is 20.1 Å². The molecule has 29 heavy (non-hydrogen) atoms. The topological polar surface area (TPSA) is 100 Å². The van der Waals surface area contributed by atoms with Crippen LogP contribution in [0.25, 0.3) is 0 Å². The van der Waals surface area contributed by atoms with Gasteiger partial charge >= 0.3 is 6.03 Å². The number of hydrogen-bond acceptors (Lipinski definition) is 5. The van der Waals surface area contributed by atoms with Crippen molar-refractivity contribution in [3.05, 3.63) is 47.4 Å².